The molecule has 8 heteroatoms. The molecule has 0 aliphatic heterocycles. The van der Waals surface area contributed by atoms with E-state index < -0.39 is 34.8 Å². The Labute approximate surface area is 370 Å². The molecule has 1 radical (unpaired) electrons. The second-order valence-corrected chi connectivity index (χ2v) is 28.1. The van der Waals surface area contributed by atoms with Crippen LogP contribution in [0.5, 0.6) is 0 Å². The largest absolute Gasteiger partial charge is 0.500 e. The molecule has 5 aromatic carbocycles. The number of hydrogen-bond donors (Lipinski definition) is 0. The van der Waals surface area contributed by atoms with Crippen molar-refractivity contribution < 1.29 is 35.8 Å². The third-order valence-electron chi connectivity index (χ3n) is 10.2. The zero-order valence-electron chi connectivity index (χ0n) is 40.0. The quantitative estimate of drug-likeness (QED) is 0.0943. The summed E-state index contributed by atoms with van der Waals surface area (Å²) in [6, 6.07) is 38.6. The third kappa shape index (κ3) is 8.83. The Morgan fingerprint density at radius 1 is 0.729 bits per heavy atom. The van der Waals surface area contributed by atoms with Crippen molar-refractivity contribution in [2.45, 2.75) is 73.3 Å². The summed E-state index contributed by atoms with van der Waals surface area (Å²) in [6.07, 6.45) is 3.17. The summed E-state index contributed by atoms with van der Waals surface area (Å²) in [5.74, 6) is 0.673. The standard InChI is InChI=1S/C31H26NO.C20H25N2OSi2.Ir/c1-19-18-32-27(16-22(19)17-31(2,3)4)26-11-7-10-24-25-15-14-21-13-12-20-8-5-6-9-23(20)28(21)30(25)33-29(24)26;1-24(2,3)17-10-11-18(21-13-17)15-8-7-9-16(12-15)20-22-19(14-23-20)25(4,5)6;/h5-10,12-16,18H,17H2,1-4H3;7,9-14H,1-6H3;/q2*-1;/i1D3,17D2;;. The van der Waals surface area contributed by atoms with Gasteiger partial charge in [0.25, 0.3) is 0 Å². The molecule has 0 N–H and O–H groups in total. The molecule has 5 nitrogen and oxygen atoms in total. The maximum atomic E-state index is 8.87. The topological polar surface area (TPSA) is 65.0 Å². The molecule has 4 aromatic heterocycles. The molecule has 4 heterocycles. The number of oxazole rings is 1. The molecular weight excluding hydrogens is 935 g/mol. The smallest absolute Gasteiger partial charge is 0.207 e. The zero-order valence-corrected chi connectivity index (χ0v) is 39.4. The first-order valence-corrected chi connectivity index (χ1v) is 26.7. The predicted molar refractivity (Wildman–Crippen MR) is 249 cm³/mol. The molecule has 0 unspecified atom stereocenters. The molecular formula is C51H51IrN3O2Si2-2. The van der Waals surface area contributed by atoms with E-state index in [2.05, 4.69) is 116 Å². The predicted octanol–water partition coefficient (Wildman–Crippen LogP) is 12.9. The Balaban J connectivity index is 0.000000205. The van der Waals surface area contributed by atoms with Crippen molar-refractivity contribution in [1.82, 2.24) is 15.0 Å². The molecule has 0 fully saturated rings. The van der Waals surface area contributed by atoms with Crippen molar-refractivity contribution in [3.8, 4) is 34.0 Å². The summed E-state index contributed by atoms with van der Waals surface area (Å²) in [4.78, 5) is 13.8. The number of furan rings is 1. The van der Waals surface area contributed by atoms with Crippen molar-refractivity contribution in [3.63, 3.8) is 0 Å². The van der Waals surface area contributed by atoms with Gasteiger partial charge in [-0.25, -0.2) is 4.98 Å². The van der Waals surface area contributed by atoms with Crippen LogP contribution in [0.2, 0.25) is 39.3 Å². The summed E-state index contributed by atoms with van der Waals surface area (Å²) in [5.41, 5.74) is 4.36. The summed E-state index contributed by atoms with van der Waals surface area (Å²) >= 11 is 0. The Bertz CT molecular complexity index is 3160. The van der Waals surface area contributed by atoms with Gasteiger partial charge in [0.05, 0.1) is 19.0 Å². The van der Waals surface area contributed by atoms with E-state index >= 15 is 0 Å². The van der Waals surface area contributed by atoms with E-state index in [1.165, 1.54) is 11.4 Å². The van der Waals surface area contributed by atoms with E-state index in [-0.39, 0.29) is 31.2 Å². The summed E-state index contributed by atoms with van der Waals surface area (Å²) in [5, 5.41) is 8.63. The number of pyridine rings is 2. The summed E-state index contributed by atoms with van der Waals surface area (Å²) in [6.45, 7) is 16.6. The van der Waals surface area contributed by atoms with E-state index in [0.717, 1.165) is 60.0 Å². The molecule has 59 heavy (non-hydrogen) atoms. The fourth-order valence-corrected chi connectivity index (χ4v) is 8.96. The van der Waals surface area contributed by atoms with Crippen molar-refractivity contribution in [3.05, 3.63) is 139 Å². The molecule has 0 aliphatic carbocycles. The summed E-state index contributed by atoms with van der Waals surface area (Å²) < 4.78 is 54.1. The van der Waals surface area contributed by atoms with Crippen LogP contribution in [-0.4, -0.2) is 31.1 Å². The minimum absolute atomic E-state index is 0. The Hall–Kier alpha value is -4.99. The van der Waals surface area contributed by atoms with Gasteiger partial charge in [-0.05, 0) is 62.5 Å². The van der Waals surface area contributed by atoms with E-state index in [0.29, 0.717) is 22.7 Å². The minimum atomic E-state index is -2.51. The maximum absolute atomic E-state index is 8.87. The van der Waals surface area contributed by atoms with Crippen molar-refractivity contribution in [2.75, 3.05) is 0 Å². The van der Waals surface area contributed by atoms with Crippen LogP contribution >= 0.6 is 0 Å². The van der Waals surface area contributed by atoms with Gasteiger partial charge in [0.1, 0.15) is 19.9 Å². The van der Waals surface area contributed by atoms with Crippen LogP contribution < -0.4 is 10.5 Å². The number of benzene rings is 5. The number of hydrogen-bond acceptors (Lipinski definition) is 5. The van der Waals surface area contributed by atoms with Crippen molar-refractivity contribution in [2.24, 2.45) is 5.41 Å². The fourth-order valence-electron chi connectivity index (χ4n) is 7.07. The van der Waals surface area contributed by atoms with E-state index in [1.54, 1.807) is 39.2 Å². The van der Waals surface area contributed by atoms with Crippen molar-refractivity contribution in [1.29, 1.82) is 0 Å². The number of fused-ring (bicyclic) bond motifs is 7. The van der Waals surface area contributed by atoms with Gasteiger partial charge in [0, 0.05) is 50.1 Å². The van der Waals surface area contributed by atoms with Crippen LogP contribution in [-0.2, 0) is 26.5 Å². The molecule has 9 aromatic rings. The third-order valence-corrected chi connectivity index (χ3v) is 14.0. The fraction of sp³-hybridized carbons (Fsp3) is 0.235. The van der Waals surface area contributed by atoms with Crippen LogP contribution in [0, 0.1) is 24.4 Å². The number of aromatic nitrogens is 3. The second-order valence-electron chi connectivity index (χ2n) is 18.0. The molecule has 301 valence electrons. The number of rotatable bonds is 6. The van der Waals surface area contributed by atoms with Gasteiger partial charge in [-0.15, -0.1) is 48.0 Å². The minimum Gasteiger partial charge on any atom is -0.500 e. The SMILES string of the molecule is C[Si](C)(C)c1ccc(-c2[c-]ccc(-c3nc([Si](C)(C)C)co3)c2)nc1.[2H]C([2H])([2H])c1cnc(-c2[c-]ccc3c2oc2c3ccc3ccc4ccccc4c32)cc1C([2H])([2H])C(C)(C)C.[Ir]. The molecule has 0 atom stereocenters. The van der Waals surface area contributed by atoms with Crippen LogP contribution in [0.1, 0.15) is 38.8 Å². The van der Waals surface area contributed by atoms with Gasteiger partial charge >= 0.3 is 0 Å². The van der Waals surface area contributed by atoms with Gasteiger partial charge in [0.15, 0.2) is 0 Å². The number of nitrogens with zero attached hydrogens (tertiary/aromatic N) is 3. The molecule has 0 bridgehead atoms. The molecule has 0 saturated carbocycles. The normalized spacial score (nSPS) is 13.9. The average Bonchev–Trinajstić information content (AvgIpc) is 3.89. The zero-order chi connectivity index (χ0) is 45.3. The van der Waals surface area contributed by atoms with E-state index in [4.69, 9.17) is 20.7 Å². The van der Waals surface area contributed by atoms with Crippen LogP contribution in [0.4, 0.5) is 0 Å². The average molecular weight is 991 g/mol. The van der Waals surface area contributed by atoms with Gasteiger partial charge in [-0.2, -0.15) is 0 Å². The van der Waals surface area contributed by atoms with Gasteiger partial charge in [-0.1, -0.05) is 143 Å². The number of aryl methyl sites for hydroxylation is 1. The Morgan fingerprint density at radius 3 is 2.17 bits per heavy atom. The maximum Gasteiger partial charge on any atom is 0.207 e. The molecule has 0 spiro atoms. The second kappa shape index (κ2) is 16.2. The van der Waals surface area contributed by atoms with Gasteiger partial charge in [-0.3, -0.25) is 0 Å². The first-order chi connectivity index (χ1) is 29.5. The molecule has 9 rings (SSSR count). The molecule has 0 aliphatic rings. The van der Waals surface area contributed by atoms with E-state index in [1.807, 2.05) is 36.5 Å². The van der Waals surface area contributed by atoms with Crippen molar-refractivity contribution >= 4 is 70.1 Å². The van der Waals surface area contributed by atoms with E-state index in [9.17, 15) is 0 Å². The molecule has 0 amide bonds. The first-order valence-electron chi connectivity index (χ1n) is 22.2. The van der Waals surface area contributed by atoms with Crippen LogP contribution in [0.3, 0.4) is 0 Å². The van der Waals surface area contributed by atoms with Gasteiger partial charge < -0.3 is 18.8 Å². The van der Waals surface area contributed by atoms with Crippen LogP contribution in [0.15, 0.2) is 125 Å². The van der Waals surface area contributed by atoms with Gasteiger partial charge in [0.2, 0.25) is 5.89 Å². The summed E-state index contributed by atoms with van der Waals surface area (Å²) in [7, 11) is -2.80. The Morgan fingerprint density at radius 2 is 1.46 bits per heavy atom. The molecule has 0 saturated heterocycles. The Kier molecular flexibility index (Phi) is 9.88. The first kappa shape index (κ1) is 35.9. The van der Waals surface area contributed by atoms with Crippen LogP contribution in [0.25, 0.3) is 77.5 Å². The monoisotopic (exact) mass is 991 g/mol.